The number of nitrogens with one attached hydrogen (secondary N) is 1. The molecule has 112 valence electrons. The fourth-order valence-corrected chi connectivity index (χ4v) is 3.43. The van der Waals surface area contributed by atoms with Crippen LogP contribution in [0.2, 0.25) is 0 Å². The standard InChI is InChI=1S/C14H19Br2NO3/c1-8(2)4-12(14(18)19)17-7-9-5-10(15)6-11(16)13(9)20-3/h5-6,8,12,17H,4,7H2,1-3H3,(H,18,19). The number of carbonyl (C=O) groups is 1. The van der Waals surface area contributed by atoms with E-state index < -0.39 is 12.0 Å². The predicted octanol–water partition coefficient (Wildman–Crippen LogP) is 3.81. The Morgan fingerprint density at radius 1 is 1.40 bits per heavy atom. The Morgan fingerprint density at radius 3 is 2.55 bits per heavy atom. The molecule has 0 heterocycles. The lowest BCUT2D eigenvalue weighted by atomic mass is 10.0. The molecule has 1 rings (SSSR count). The van der Waals surface area contributed by atoms with Crippen LogP contribution < -0.4 is 10.1 Å². The van der Waals surface area contributed by atoms with Crippen LogP contribution in [0.3, 0.4) is 0 Å². The molecule has 20 heavy (non-hydrogen) atoms. The van der Waals surface area contributed by atoms with Gasteiger partial charge in [-0.15, -0.1) is 0 Å². The largest absolute Gasteiger partial charge is 0.495 e. The highest BCUT2D eigenvalue weighted by atomic mass is 79.9. The molecule has 0 aliphatic carbocycles. The number of rotatable bonds is 7. The van der Waals surface area contributed by atoms with Crippen LogP contribution in [0.15, 0.2) is 21.1 Å². The van der Waals surface area contributed by atoms with Crippen molar-refractivity contribution in [1.82, 2.24) is 5.32 Å². The van der Waals surface area contributed by atoms with Gasteiger partial charge in [-0.1, -0.05) is 29.8 Å². The lowest BCUT2D eigenvalue weighted by Gasteiger charge is -2.18. The van der Waals surface area contributed by atoms with Gasteiger partial charge >= 0.3 is 5.97 Å². The fraction of sp³-hybridized carbons (Fsp3) is 0.500. The summed E-state index contributed by atoms with van der Waals surface area (Å²) in [6.07, 6.45) is 0.590. The maximum Gasteiger partial charge on any atom is 0.320 e. The molecule has 0 spiro atoms. The van der Waals surface area contributed by atoms with Crippen LogP contribution >= 0.6 is 31.9 Å². The van der Waals surface area contributed by atoms with Crippen molar-refractivity contribution in [2.24, 2.45) is 5.92 Å². The smallest absolute Gasteiger partial charge is 0.320 e. The third-order valence-electron chi connectivity index (χ3n) is 2.83. The quantitative estimate of drug-likeness (QED) is 0.720. The van der Waals surface area contributed by atoms with E-state index in [-0.39, 0.29) is 0 Å². The molecular formula is C14H19Br2NO3. The molecule has 0 saturated heterocycles. The number of hydrogen-bond donors (Lipinski definition) is 2. The highest BCUT2D eigenvalue weighted by molar-refractivity contribution is 9.11. The van der Waals surface area contributed by atoms with Crippen LogP contribution in [0.5, 0.6) is 5.75 Å². The molecule has 0 radical (unpaired) electrons. The highest BCUT2D eigenvalue weighted by Gasteiger charge is 2.19. The van der Waals surface area contributed by atoms with Crippen LogP contribution in [-0.2, 0) is 11.3 Å². The molecule has 0 aliphatic heterocycles. The van der Waals surface area contributed by atoms with Gasteiger partial charge in [-0.2, -0.15) is 0 Å². The van der Waals surface area contributed by atoms with E-state index in [4.69, 9.17) is 4.74 Å². The van der Waals surface area contributed by atoms with E-state index in [1.165, 1.54) is 0 Å². The van der Waals surface area contributed by atoms with Gasteiger partial charge in [0.1, 0.15) is 11.8 Å². The van der Waals surface area contributed by atoms with E-state index >= 15 is 0 Å². The zero-order valence-corrected chi connectivity index (χ0v) is 14.9. The van der Waals surface area contributed by atoms with Gasteiger partial charge in [0.2, 0.25) is 0 Å². The average molecular weight is 409 g/mol. The van der Waals surface area contributed by atoms with E-state index in [9.17, 15) is 9.90 Å². The van der Waals surface area contributed by atoms with E-state index in [0.717, 1.165) is 20.3 Å². The SMILES string of the molecule is COc1c(Br)cc(Br)cc1CNC(CC(C)C)C(=O)O. The molecule has 1 atom stereocenters. The molecule has 2 N–H and O–H groups in total. The molecule has 0 aromatic heterocycles. The van der Waals surface area contributed by atoms with Gasteiger partial charge in [0.15, 0.2) is 0 Å². The second kappa shape index (κ2) is 8.00. The Labute approximate surface area is 136 Å². The molecule has 4 nitrogen and oxygen atoms in total. The molecule has 1 aromatic carbocycles. The van der Waals surface area contributed by atoms with Crippen molar-refractivity contribution < 1.29 is 14.6 Å². The zero-order chi connectivity index (χ0) is 15.3. The molecule has 0 aliphatic rings. The normalized spacial score (nSPS) is 12.5. The summed E-state index contributed by atoms with van der Waals surface area (Å²) < 4.78 is 7.10. The summed E-state index contributed by atoms with van der Waals surface area (Å²) in [4.78, 5) is 11.2. The minimum absolute atomic E-state index is 0.319. The van der Waals surface area contributed by atoms with Crippen molar-refractivity contribution in [3.63, 3.8) is 0 Å². The molecule has 0 bridgehead atoms. The van der Waals surface area contributed by atoms with Crippen LogP contribution in [0.25, 0.3) is 0 Å². The summed E-state index contributed by atoms with van der Waals surface area (Å²) in [5, 5.41) is 12.3. The summed E-state index contributed by atoms with van der Waals surface area (Å²) in [5.41, 5.74) is 0.906. The van der Waals surface area contributed by atoms with Crippen molar-refractivity contribution in [1.29, 1.82) is 0 Å². The van der Waals surface area contributed by atoms with Gasteiger partial charge in [-0.05, 0) is 40.4 Å². The molecule has 0 amide bonds. The molecule has 0 fully saturated rings. The van der Waals surface area contributed by atoms with E-state index in [1.54, 1.807) is 7.11 Å². The molecular weight excluding hydrogens is 390 g/mol. The van der Waals surface area contributed by atoms with Crippen molar-refractivity contribution in [3.8, 4) is 5.75 Å². The zero-order valence-electron chi connectivity index (χ0n) is 11.7. The fourth-order valence-electron chi connectivity index (χ4n) is 1.95. The minimum Gasteiger partial charge on any atom is -0.495 e. The Bertz CT molecular complexity index is 478. The van der Waals surface area contributed by atoms with Gasteiger partial charge in [0, 0.05) is 16.6 Å². The Hall–Kier alpha value is -0.590. The van der Waals surface area contributed by atoms with Crippen LogP contribution in [0, 0.1) is 5.92 Å². The first-order valence-corrected chi connectivity index (χ1v) is 7.91. The van der Waals surface area contributed by atoms with Gasteiger partial charge in [-0.25, -0.2) is 0 Å². The highest BCUT2D eigenvalue weighted by Crippen LogP contribution is 2.32. The van der Waals surface area contributed by atoms with Crippen LogP contribution in [0.1, 0.15) is 25.8 Å². The van der Waals surface area contributed by atoms with Crippen molar-refractivity contribution in [3.05, 3.63) is 26.6 Å². The number of carboxylic acids is 1. The molecule has 1 aromatic rings. The van der Waals surface area contributed by atoms with Crippen molar-refractivity contribution >= 4 is 37.8 Å². The molecule has 1 unspecified atom stereocenters. The van der Waals surface area contributed by atoms with Crippen LogP contribution in [0.4, 0.5) is 0 Å². The number of hydrogen-bond acceptors (Lipinski definition) is 3. The number of ether oxygens (including phenoxy) is 1. The van der Waals surface area contributed by atoms with Crippen LogP contribution in [-0.4, -0.2) is 24.2 Å². The van der Waals surface area contributed by atoms with Crippen molar-refractivity contribution in [2.75, 3.05) is 7.11 Å². The van der Waals surface area contributed by atoms with Gasteiger partial charge < -0.3 is 15.2 Å². The molecule has 0 saturated carbocycles. The summed E-state index contributed by atoms with van der Waals surface area (Å²) in [5.74, 6) is 0.209. The van der Waals surface area contributed by atoms with Gasteiger partial charge in [-0.3, -0.25) is 4.79 Å². The monoisotopic (exact) mass is 407 g/mol. The third-order valence-corrected chi connectivity index (χ3v) is 3.88. The Balaban J connectivity index is 2.84. The first kappa shape index (κ1) is 17.5. The first-order valence-electron chi connectivity index (χ1n) is 6.33. The van der Waals surface area contributed by atoms with Gasteiger partial charge in [0.25, 0.3) is 0 Å². The number of methoxy groups -OCH3 is 1. The summed E-state index contributed by atoms with van der Waals surface area (Å²) in [7, 11) is 1.60. The number of aliphatic carboxylic acids is 1. The summed E-state index contributed by atoms with van der Waals surface area (Å²) >= 11 is 6.86. The second-order valence-electron chi connectivity index (χ2n) is 4.98. The number of benzene rings is 1. The van der Waals surface area contributed by atoms with E-state index in [2.05, 4.69) is 37.2 Å². The predicted molar refractivity (Wildman–Crippen MR) is 86.1 cm³/mol. The maximum atomic E-state index is 11.2. The van der Waals surface area contributed by atoms with E-state index in [0.29, 0.717) is 18.9 Å². The average Bonchev–Trinajstić information content (AvgIpc) is 2.33. The Kier molecular flexibility index (Phi) is 6.99. The maximum absolute atomic E-state index is 11.2. The lowest BCUT2D eigenvalue weighted by Crippen LogP contribution is -2.37. The first-order chi connectivity index (χ1) is 9.35. The number of carboxylic acid groups (broad SMARTS) is 1. The minimum atomic E-state index is -0.827. The van der Waals surface area contributed by atoms with Gasteiger partial charge in [0.05, 0.1) is 11.6 Å². The Morgan fingerprint density at radius 2 is 2.05 bits per heavy atom. The van der Waals surface area contributed by atoms with Crippen molar-refractivity contribution in [2.45, 2.75) is 32.9 Å². The third kappa shape index (κ3) is 5.07. The second-order valence-corrected chi connectivity index (χ2v) is 6.75. The lowest BCUT2D eigenvalue weighted by molar-refractivity contribution is -0.140. The molecule has 6 heteroatoms. The number of halogens is 2. The van der Waals surface area contributed by atoms with E-state index in [1.807, 2.05) is 26.0 Å². The topological polar surface area (TPSA) is 58.6 Å². The summed E-state index contributed by atoms with van der Waals surface area (Å²) in [6.45, 7) is 4.45. The summed E-state index contributed by atoms with van der Waals surface area (Å²) in [6, 6.07) is 3.26.